The van der Waals surface area contributed by atoms with Crippen molar-refractivity contribution >= 4 is 17.9 Å². The van der Waals surface area contributed by atoms with Gasteiger partial charge in [-0.1, -0.05) is 383 Å². The summed E-state index contributed by atoms with van der Waals surface area (Å²) in [5.74, 6) is -2.25. The molecule has 0 aliphatic heterocycles. The van der Waals surface area contributed by atoms with E-state index in [-0.39, 0.29) is 32.2 Å². The van der Waals surface area contributed by atoms with Gasteiger partial charge in [-0.05, 0) is 77.0 Å². The Morgan fingerprint density at radius 3 is 0.905 bits per heavy atom. The van der Waals surface area contributed by atoms with Crippen LogP contribution in [0.3, 0.4) is 0 Å². The van der Waals surface area contributed by atoms with Gasteiger partial charge in [0.1, 0.15) is 13.2 Å². The largest absolute Gasteiger partial charge is 0.545 e. The molecule has 0 rings (SSSR count). The van der Waals surface area contributed by atoms with E-state index in [1.807, 2.05) is 21.1 Å². The number of unbranched alkanes of at least 4 members (excludes halogenated alkanes) is 53. The van der Waals surface area contributed by atoms with E-state index < -0.39 is 24.3 Å². The number of hydrogen-bond donors (Lipinski definition) is 0. The smallest absolute Gasteiger partial charge is 0.306 e. The quantitative estimate of drug-likeness (QED) is 0.0195. The summed E-state index contributed by atoms with van der Waals surface area (Å²) in [5, 5.41) is 11.9. The third kappa shape index (κ3) is 78.2. The molecule has 9 heteroatoms. The van der Waals surface area contributed by atoms with Crippen LogP contribution in [0.2, 0.25) is 0 Å². The van der Waals surface area contributed by atoms with Crippen LogP contribution in [0.5, 0.6) is 0 Å². The Bertz CT molecular complexity index is 1750. The predicted octanol–water partition coefficient (Wildman–Crippen LogP) is 25.3. The summed E-state index contributed by atoms with van der Waals surface area (Å²) >= 11 is 0. The number of esters is 2. The fourth-order valence-corrected chi connectivity index (χ4v) is 12.5. The first kappa shape index (κ1) is 92.0. The molecule has 0 heterocycles. The molecule has 0 amide bonds. The molecule has 0 aromatic heterocycles. The maximum Gasteiger partial charge on any atom is 0.306 e. The topological polar surface area (TPSA) is 111 Å². The van der Waals surface area contributed by atoms with Crippen LogP contribution in [0.1, 0.15) is 412 Å². The van der Waals surface area contributed by atoms with Crippen molar-refractivity contribution in [2.24, 2.45) is 0 Å². The van der Waals surface area contributed by atoms with Crippen LogP contribution >= 0.6 is 0 Å². The number of carboxylic acid groups (broad SMARTS) is 1. The van der Waals surface area contributed by atoms with Gasteiger partial charge in [-0.2, -0.15) is 0 Å². The van der Waals surface area contributed by atoms with Crippen LogP contribution in [-0.2, 0) is 33.3 Å². The highest BCUT2D eigenvalue weighted by molar-refractivity contribution is 5.70. The molecule has 0 fully saturated rings. The average molecular weight is 1340 g/mol. The number of hydrogen-bond acceptors (Lipinski definition) is 8. The van der Waals surface area contributed by atoms with Crippen molar-refractivity contribution in [3.63, 3.8) is 0 Å². The summed E-state index contributed by atoms with van der Waals surface area (Å²) in [4.78, 5) is 37.6. The van der Waals surface area contributed by atoms with Crippen LogP contribution in [0, 0.1) is 0 Å². The molecular formula is C86H159NO8. The van der Waals surface area contributed by atoms with Crippen molar-refractivity contribution in [1.29, 1.82) is 0 Å². The van der Waals surface area contributed by atoms with Crippen molar-refractivity contribution in [2.75, 3.05) is 47.5 Å². The molecule has 556 valence electrons. The standard InChI is InChI=1S/C86H159NO8/c1-6-8-10-12-14-16-18-20-22-24-26-28-30-32-34-36-38-40-41-42-43-45-47-49-51-53-55-57-59-61-63-65-67-69-71-73-75-77-84(89)95-82(81-94-86(85(90)91)92-79-78-87(3,4)5)80-93-83(88)76-74-72-70-68-66-64-62-60-58-56-54-52-50-48-46-44-39-37-35-33-31-29-27-25-23-21-19-17-15-13-11-9-7-2/h8,10,14,16,20,22,25-28,82,86H,6-7,9,11-13,15,17-19,21,23-24,29-81H2,1-5H3/b10-8-,16-14-,22-20-,27-25-,28-26-. The van der Waals surface area contributed by atoms with E-state index in [1.54, 1.807) is 0 Å². The maximum atomic E-state index is 13.0. The second-order valence-corrected chi connectivity index (χ2v) is 29.4. The number of ether oxygens (including phenoxy) is 4. The van der Waals surface area contributed by atoms with Gasteiger partial charge in [0.05, 0.1) is 40.3 Å². The van der Waals surface area contributed by atoms with Gasteiger partial charge in [0, 0.05) is 12.8 Å². The fourth-order valence-electron chi connectivity index (χ4n) is 12.5. The zero-order valence-electron chi connectivity index (χ0n) is 63.8. The number of nitrogens with zero attached hydrogens (tertiary/aromatic N) is 1. The summed E-state index contributed by atoms with van der Waals surface area (Å²) in [6.07, 6.45) is 99.4. The Morgan fingerprint density at radius 2 is 0.600 bits per heavy atom. The number of carbonyl (C=O) groups excluding carboxylic acids is 3. The molecule has 0 bridgehead atoms. The van der Waals surface area contributed by atoms with Crippen LogP contribution in [0.25, 0.3) is 0 Å². The number of carbonyl (C=O) groups is 3. The number of rotatable bonds is 78. The van der Waals surface area contributed by atoms with Crippen LogP contribution in [0.4, 0.5) is 0 Å². The predicted molar refractivity (Wildman–Crippen MR) is 408 cm³/mol. The van der Waals surface area contributed by atoms with Gasteiger partial charge >= 0.3 is 11.9 Å². The van der Waals surface area contributed by atoms with Gasteiger partial charge in [0.2, 0.25) is 0 Å². The van der Waals surface area contributed by atoms with Crippen molar-refractivity contribution in [1.82, 2.24) is 0 Å². The number of likely N-dealkylation sites (N-methyl/N-ethyl adjacent to an activating group) is 1. The lowest BCUT2D eigenvalue weighted by atomic mass is 10.0. The first-order valence-corrected chi connectivity index (χ1v) is 41.4. The first-order valence-electron chi connectivity index (χ1n) is 41.4. The molecule has 0 aromatic carbocycles. The summed E-state index contributed by atoms with van der Waals surface area (Å²) in [7, 11) is 5.95. The third-order valence-electron chi connectivity index (χ3n) is 18.7. The Kier molecular flexibility index (Phi) is 74.3. The highest BCUT2D eigenvalue weighted by Gasteiger charge is 2.22. The van der Waals surface area contributed by atoms with E-state index in [1.165, 1.54) is 321 Å². The third-order valence-corrected chi connectivity index (χ3v) is 18.7. The molecule has 0 N–H and O–H groups in total. The van der Waals surface area contributed by atoms with Crippen LogP contribution in [-0.4, -0.2) is 82.3 Å². The minimum absolute atomic E-state index is 0.150. The van der Waals surface area contributed by atoms with E-state index >= 15 is 0 Å². The van der Waals surface area contributed by atoms with Gasteiger partial charge in [-0.15, -0.1) is 0 Å². The minimum atomic E-state index is -1.62. The molecule has 95 heavy (non-hydrogen) atoms. The molecule has 2 atom stereocenters. The first-order chi connectivity index (χ1) is 46.6. The summed E-state index contributed by atoms with van der Waals surface area (Å²) in [5.41, 5.74) is 0. The highest BCUT2D eigenvalue weighted by Crippen LogP contribution is 2.20. The second kappa shape index (κ2) is 76.7. The second-order valence-electron chi connectivity index (χ2n) is 29.4. The SMILES string of the molecule is CC/C=C\C/C=C\C/C=C\C/C=C\CCCCCCCCCCCCCCCCCCCCCCCCCCC(=O)OC(COC(=O)CCCCCCCCCCCCCCCCCCCCCCC/C=C\CCCCCCCCCC)COC(OCC[N+](C)(C)C)C(=O)[O-]. The van der Waals surface area contributed by atoms with E-state index in [2.05, 4.69) is 74.6 Å². The molecule has 0 saturated carbocycles. The molecule has 0 aromatic rings. The van der Waals surface area contributed by atoms with Gasteiger partial charge < -0.3 is 33.3 Å². The number of aliphatic carboxylic acids is 1. The normalized spacial score (nSPS) is 12.9. The molecule has 2 unspecified atom stereocenters. The Labute approximate surface area is 590 Å². The van der Waals surface area contributed by atoms with Gasteiger partial charge in [-0.25, -0.2) is 0 Å². The van der Waals surface area contributed by atoms with Crippen molar-refractivity contribution in [3.8, 4) is 0 Å². The Hall–Kier alpha value is -3.01. The van der Waals surface area contributed by atoms with Crippen LogP contribution in [0.15, 0.2) is 60.8 Å². The van der Waals surface area contributed by atoms with Crippen molar-refractivity contribution < 1.29 is 42.9 Å². The Morgan fingerprint density at radius 1 is 0.326 bits per heavy atom. The summed E-state index contributed by atoms with van der Waals surface area (Å²) in [6, 6.07) is 0. The number of allylic oxidation sites excluding steroid dienone is 10. The maximum absolute atomic E-state index is 13.0. The van der Waals surface area contributed by atoms with E-state index in [0.29, 0.717) is 17.4 Å². The van der Waals surface area contributed by atoms with Gasteiger partial charge in [0.15, 0.2) is 12.4 Å². The molecule has 0 spiro atoms. The average Bonchev–Trinajstić information content (AvgIpc) is 3.75. The molecule has 0 saturated heterocycles. The fraction of sp³-hybridized carbons (Fsp3) is 0.849. The Balaban J connectivity index is 3.95. The number of carboxylic acids is 1. The van der Waals surface area contributed by atoms with Crippen molar-refractivity contribution in [2.45, 2.75) is 424 Å². The summed E-state index contributed by atoms with van der Waals surface area (Å²) < 4.78 is 22.9. The zero-order valence-corrected chi connectivity index (χ0v) is 63.8. The molecule has 0 aliphatic carbocycles. The molecular weight excluding hydrogens is 1170 g/mol. The molecule has 9 nitrogen and oxygen atoms in total. The number of quaternary nitrogens is 1. The van der Waals surface area contributed by atoms with Crippen LogP contribution < -0.4 is 5.11 Å². The van der Waals surface area contributed by atoms with E-state index in [0.717, 1.165) is 64.2 Å². The van der Waals surface area contributed by atoms with E-state index in [4.69, 9.17) is 18.9 Å². The lowest BCUT2D eigenvalue weighted by Gasteiger charge is -2.26. The van der Waals surface area contributed by atoms with E-state index in [9.17, 15) is 19.5 Å². The van der Waals surface area contributed by atoms with Gasteiger partial charge in [0.25, 0.3) is 0 Å². The highest BCUT2D eigenvalue weighted by atomic mass is 16.7. The zero-order chi connectivity index (χ0) is 69.0. The molecule has 0 aliphatic rings. The monoisotopic (exact) mass is 1330 g/mol. The lowest BCUT2D eigenvalue weighted by molar-refractivity contribution is -0.870. The van der Waals surface area contributed by atoms with Crippen molar-refractivity contribution in [3.05, 3.63) is 60.8 Å². The summed E-state index contributed by atoms with van der Waals surface area (Å²) in [6.45, 7) is 4.71. The minimum Gasteiger partial charge on any atom is -0.545 e. The molecule has 0 radical (unpaired) electrons. The van der Waals surface area contributed by atoms with Gasteiger partial charge in [-0.3, -0.25) is 9.59 Å². The lowest BCUT2D eigenvalue weighted by Crippen LogP contribution is -2.44.